The minimum Gasteiger partial charge on any atom is -0.295 e. The van der Waals surface area contributed by atoms with E-state index in [9.17, 15) is 4.79 Å². The van der Waals surface area contributed by atoms with Gasteiger partial charge in [0, 0.05) is 6.42 Å². The van der Waals surface area contributed by atoms with Crippen LogP contribution in [0.2, 0.25) is 0 Å². The van der Waals surface area contributed by atoms with Gasteiger partial charge in [-0.15, -0.1) is 0 Å². The average molecular weight is 232 g/mol. The van der Waals surface area contributed by atoms with Gasteiger partial charge in [0.1, 0.15) is 0 Å². The molecule has 3 aliphatic carbocycles. The largest absolute Gasteiger partial charge is 0.295 e. The van der Waals surface area contributed by atoms with E-state index in [2.05, 4.69) is 19.9 Å². The lowest BCUT2D eigenvalue weighted by molar-refractivity contribution is -0.117. The van der Waals surface area contributed by atoms with Crippen LogP contribution >= 0.6 is 0 Å². The highest BCUT2D eigenvalue weighted by molar-refractivity contribution is 5.91. The van der Waals surface area contributed by atoms with Gasteiger partial charge >= 0.3 is 0 Å². The molecule has 17 heavy (non-hydrogen) atoms. The van der Waals surface area contributed by atoms with Crippen LogP contribution in [0, 0.1) is 11.3 Å². The minimum absolute atomic E-state index is 0.204. The van der Waals surface area contributed by atoms with Gasteiger partial charge in [0.2, 0.25) is 0 Å². The topological polar surface area (TPSA) is 17.1 Å². The summed E-state index contributed by atoms with van der Waals surface area (Å²) in [5.74, 6) is 1.36. The van der Waals surface area contributed by atoms with Gasteiger partial charge in [-0.1, -0.05) is 31.1 Å². The summed E-state index contributed by atoms with van der Waals surface area (Å²) in [7, 11) is 0. The number of carbonyl (C=O) groups is 1. The standard InChI is InChI=1S/C9H14O.C7H10/c1-7-4-8(10)6-9(2,3)5-7;1-2-7-4-3-6(1)5-7/h4H,5-6H2,1-3H3;1,7H,2-5H2. The van der Waals surface area contributed by atoms with Crippen LogP contribution in [0.25, 0.3) is 0 Å². The van der Waals surface area contributed by atoms with Gasteiger partial charge in [-0.2, -0.15) is 0 Å². The van der Waals surface area contributed by atoms with E-state index in [1.54, 1.807) is 11.6 Å². The van der Waals surface area contributed by atoms with E-state index in [-0.39, 0.29) is 11.2 Å². The lowest BCUT2D eigenvalue weighted by Gasteiger charge is -2.27. The molecule has 0 aromatic rings. The van der Waals surface area contributed by atoms with Crippen molar-refractivity contribution in [2.24, 2.45) is 11.3 Å². The molecular weight excluding hydrogens is 208 g/mol. The Morgan fingerprint density at radius 3 is 2.35 bits per heavy atom. The number of fused-ring (bicyclic) bond motifs is 2. The number of allylic oxidation sites excluding steroid dienone is 4. The average Bonchev–Trinajstić information content (AvgIpc) is 2.76. The molecule has 2 bridgehead atoms. The van der Waals surface area contributed by atoms with Crippen LogP contribution in [-0.2, 0) is 4.79 Å². The quantitative estimate of drug-likeness (QED) is 0.564. The third kappa shape index (κ3) is 3.55. The molecule has 1 atom stereocenters. The summed E-state index contributed by atoms with van der Waals surface area (Å²) in [6.45, 7) is 6.31. The molecular formula is C16H24O. The predicted molar refractivity (Wildman–Crippen MR) is 71.8 cm³/mol. The van der Waals surface area contributed by atoms with E-state index in [0.29, 0.717) is 6.42 Å². The van der Waals surface area contributed by atoms with E-state index in [1.165, 1.54) is 31.3 Å². The van der Waals surface area contributed by atoms with Crippen LogP contribution < -0.4 is 0 Å². The Morgan fingerprint density at radius 2 is 2.06 bits per heavy atom. The summed E-state index contributed by atoms with van der Waals surface area (Å²) in [5, 5.41) is 0. The summed E-state index contributed by atoms with van der Waals surface area (Å²) >= 11 is 0. The number of hydrogen-bond acceptors (Lipinski definition) is 1. The first kappa shape index (κ1) is 12.6. The Hall–Kier alpha value is -0.850. The van der Waals surface area contributed by atoms with Crippen LogP contribution in [0.15, 0.2) is 23.3 Å². The first-order chi connectivity index (χ1) is 7.94. The second kappa shape index (κ2) is 4.80. The minimum atomic E-state index is 0.204. The summed E-state index contributed by atoms with van der Waals surface area (Å²) in [5.41, 5.74) is 3.17. The van der Waals surface area contributed by atoms with Crippen LogP contribution in [0.3, 0.4) is 0 Å². The maximum atomic E-state index is 11.0. The van der Waals surface area contributed by atoms with Crippen molar-refractivity contribution in [3.05, 3.63) is 23.3 Å². The van der Waals surface area contributed by atoms with E-state index in [0.717, 1.165) is 12.3 Å². The molecule has 0 spiro atoms. The Bertz CT molecular complexity index is 371. The molecule has 3 aliphatic rings. The SMILES string of the molecule is C1=C2CCC(C1)C2.CC1=CC(=O)CC(C)(C)C1. The van der Waals surface area contributed by atoms with E-state index >= 15 is 0 Å². The Balaban J connectivity index is 0.000000134. The Kier molecular flexibility index (Phi) is 3.56. The van der Waals surface area contributed by atoms with Gasteiger partial charge in [0.15, 0.2) is 5.78 Å². The highest BCUT2D eigenvalue weighted by atomic mass is 16.1. The molecule has 1 saturated carbocycles. The maximum absolute atomic E-state index is 11.0. The van der Waals surface area contributed by atoms with Crippen LogP contribution in [0.5, 0.6) is 0 Å². The zero-order valence-corrected chi connectivity index (χ0v) is 11.4. The molecule has 0 heterocycles. The molecule has 94 valence electrons. The van der Waals surface area contributed by atoms with Gasteiger partial charge < -0.3 is 0 Å². The summed E-state index contributed by atoms with van der Waals surface area (Å²) in [4.78, 5) is 11.0. The van der Waals surface area contributed by atoms with Crippen molar-refractivity contribution in [2.45, 2.75) is 59.3 Å². The second-order valence-electron chi connectivity index (χ2n) is 6.68. The van der Waals surface area contributed by atoms with Crippen molar-refractivity contribution in [3.63, 3.8) is 0 Å². The Labute approximate surface area is 105 Å². The van der Waals surface area contributed by atoms with Crippen molar-refractivity contribution in [1.29, 1.82) is 0 Å². The van der Waals surface area contributed by atoms with Crippen LogP contribution in [0.4, 0.5) is 0 Å². The summed E-state index contributed by atoms with van der Waals surface area (Å²) in [6, 6.07) is 0. The predicted octanol–water partition coefficient (Wildman–Crippen LogP) is 4.44. The first-order valence-corrected chi connectivity index (χ1v) is 6.82. The fourth-order valence-electron chi connectivity index (χ4n) is 3.35. The molecule has 0 aromatic carbocycles. The maximum Gasteiger partial charge on any atom is 0.156 e. The Morgan fingerprint density at radius 1 is 1.29 bits per heavy atom. The van der Waals surface area contributed by atoms with Crippen molar-refractivity contribution < 1.29 is 4.79 Å². The van der Waals surface area contributed by atoms with Gasteiger partial charge in [0.05, 0.1) is 0 Å². The van der Waals surface area contributed by atoms with E-state index < -0.39 is 0 Å². The fraction of sp³-hybridized carbons (Fsp3) is 0.688. The second-order valence-corrected chi connectivity index (χ2v) is 6.68. The molecule has 0 aliphatic heterocycles. The zero-order chi connectivity index (χ0) is 12.5. The molecule has 0 radical (unpaired) electrons. The number of carbonyl (C=O) groups excluding carboxylic acids is 1. The van der Waals surface area contributed by atoms with Crippen LogP contribution in [-0.4, -0.2) is 5.78 Å². The van der Waals surface area contributed by atoms with Crippen molar-refractivity contribution in [1.82, 2.24) is 0 Å². The lowest BCUT2D eigenvalue weighted by atomic mass is 9.77. The molecule has 0 N–H and O–H groups in total. The van der Waals surface area contributed by atoms with Crippen molar-refractivity contribution in [3.8, 4) is 0 Å². The van der Waals surface area contributed by atoms with Gasteiger partial charge in [-0.3, -0.25) is 4.79 Å². The molecule has 1 heteroatoms. The van der Waals surface area contributed by atoms with Gasteiger partial charge in [-0.05, 0) is 56.4 Å². The number of rotatable bonds is 0. The molecule has 3 rings (SSSR count). The molecule has 1 unspecified atom stereocenters. The van der Waals surface area contributed by atoms with Crippen molar-refractivity contribution >= 4 is 5.78 Å². The highest BCUT2D eigenvalue weighted by Gasteiger charge is 2.25. The first-order valence-electron chi connectivity index (χ1n) is 6.82. The van der Waals surface area contributed by atoms with E-state index in [1.807, 2.05) is 6.92 Å². The third-order valence-electron chi connectivity index (χ3n) is 3.98. The third-order valence-corrected chi connectivity index (χ3v) is 3.98. The van der Waals surface area contributed by atoms with Crippen LogP contribution in [0.1, 0.15) is 59.3 Å². The number of hydrogen-bond donors (Lipinski definition) is 0. The molecule has 0 amide bonds. The number of ketones is 1. The molecule has 0 aromatic heterocycles. The van der Waals surface area contributed by atoms with Gasteiger partial charge in [-0.25, -0.2) is 0 Å². The lowest BCUT2D eigenvalue weighted by Crippen LogP contribution is -2.20. The smallest absolute Gasteiger partial charge is 0.156 e. The normalized spacial score (nSPS) is 29.4. The summed E-state index contributed by atoms with van der Waals surface area (Å²) in [6.07, 6.45) is 11.7. The molecule has 1 nitrogen and oxygen atoms in total. The summed E-state index contributed by atoms with van der Waals surface area (Å²) < 4.78 is 0. The molecule has 0 saturated heterocycles. The van der Waals surface area contributed by atoms with Gasteiger partial charge in [0.25, 0.3) is 0 Å². The van der Waals surface area contributed by atoms with Crippen molar-refractivity contribution in [2.75, 3.05) is 0 Å². The highest BCUT2D eigenvalue weighted by Crippen LogP contribution is 2.39. The fourth-order valence-corrected chi connectivity index (χ4v) is 3.35. The zero-order valence-electron chi connectivity index (χ0n) is 11.4. The van der Waals surface area contributed by atoms with E-state index in [4.69, 9.17) is 0 Å². The monoisotopic (exact) mass is 232 g/mol. The molecule has 1 fully saturated rings.